The highest BCUT2D eigenvalue weighted by atomic mass is 32.1. The van der Waals surface area contributed by atoms with Crippen LogP contribution >= 0.6 is 11.3 Å². The molecule has 1 amide bonds. The van der Waals surface area contributed by atoms with Crippen molar-refractivity contribution >= 4 is 28.2 Å². The molecule has 0 saturated heterocycles. The first-order valence-corrected chi connectivity index (χ1v) is 9.46. The fourth-order valence-corrected chi connectivity index (χ4v) is 4.18. The van der Waals surface area contributed by atoms with Gasteiger partial charge in [-0.05, 0) is 44.5 Å². The number of hydrogen-bond donors (Lipinski definition) is 1. The number of aryl methyl sites for hydroxylation is 2. The van der Waals surface area contributed by atoms with Crippen LogP contribution in [-0.4, -0.2) is 16.7 Å². The van der Waals surface area contributed by atoms with Crippen molar-refractivity contribution in [1.29, 1.82) is 0 Å². The van der Waals surface area contributed by atoms with Crippen LogP contribution < -0.4 is 5.32 Å². The van der Waals surface area contributed by atoms with Gasteiger partial charge in [-0.25, -0.2) is 9.37 Å². The molecule has 27 heavy (non-hydrogen) atoms. The quantitative estimate of drug-likeness (QED) is 0.695. The number of carbonyl (C=O) groups excluding carboxylic acids is 2. The van der Waals surface area contributed by atoms with E-state index in [0.717, 1.165) is 16.9 Å². The van der Waals surface area contributed by atoms with E-state index < -0.39 is 5.91 Å². The van der Waals surface area contributed by atoms with Crippen molar-refractivity contribution in [3.8, 4) is 11.3 Å². The Bertz CT molecular complexity index is 1050. The molecule has 0 spiro atoms. The molecule has 138 valence electrons. The lowest BCUT2D eigenvalue weighted by atomic mass is 9.94. The van der Waals surface area contributed by atoms with Crippen LogP contribution in [0, 0.1) is 19.7 Å². The highest BCUT2D eigenvalue weighted by molar-refractivity contribution is 7.16. The second-order valence-corrected chi connectivity index (χ2v) is 7.72. The van der Waals surface area contributed by atoms with Gasteiger partial charge < -0.3 is 4.42 Å². The van der Waals surface area contributed by atoms with Gasteiger partial charge in [0.05, 0.1) is 11.3 Å². The van der Waals surface area contributed by atoms with Crippen LogP contribution in [0.2, 0.25) is 0 Å². The summed E-state index contributed by atoms with van der Waals surface area (Å²) in [7, 11) is 0. The summed E-state index contributed by atoms with van der Waals surface area (Å²) in [5.41, 5.74) is 2.61. The molecule has 3 aromatic rings. The van der Waals surface area contributed by atoms with Gasteiger partial charge in [0.15, 0.2) is 16.7 Å². The van der Waals surface area contributed by atoms with Gasteiger partial charge in [0.1, 0.15) is 11.6 Å². The minimum Gasteiger partial charge on any atom is -0.455 e. The summed E-state index contributed by atoms with van der Waals surface area (Å²) in [5.74, 6) is 0.0453. The number of amides is 1. The molecule has 0 fully saturated rings. The van der Waals surface area contributed by atoms with E-state index in [1.165, 1.54) is 23.5 Å². The van der Waals surface area contributed by atoms with Gasteiger partial charge in [-0.15, -0.1) is 11.3 Å². The molecule has 0 atom stereocenters. The summed E-state index contributed by atoms with van der Waals surface area (Å²) in [5, 5.41) is 3.18. The molecule has 0 unspecified atom stereocenters. The molecule has 2 aromatic heterocycles. The van der Waals surface area contributed by atoms with Gasteiger partial charge in [0.25, 0.3) is 5.91 Å². The van der Waals surface area contributed by atoms with E-state index in [-0.39, 0.29) is 17.4 Å². The van der Waals surface area contributed by atoms with E-state index in [9.17, 15) is 14.0 Å². The van der Waals surface area contributed by atoms with Gasteiger partial charge in [-0.1, -0.05) is 0 Å². The first-order chi connectivity index (χ1) is 12.9. The monoisotopic (exact) mass is 384 g/mol. The maximum atomic E-state index is 13.1. The Hall–Kier alpha value is -2.80. The predicted octanol–water partition coefficient (Wildman–Crippen LogP) is 4.93. The molecule has 4 rings (SSSR count). The largest absolute Gasteiger partial charge is 0.455 e. The number of ketones is 1. The molecular formula is C20H17FN2O3S. The van der Waals surface area contributed by atoms with Crippen molar-refractivity contribution in [3.05, 3.63) is 57.6 Å². The Labute approximate surface area is 159 Å². The molecule has 0 radical (unpaired) electrons. The number of furan rings is 1. The lowest BCUT2D eigenvalue weighted by Crippen LogP contribution is -2.13. The Morgan fingerprint density at radius 3 is 2.67 bits per heavy atom. The molecular weight excluding hydrogens is 367 g/mol. The molecule has 0 bridgehead atoms. The van der Waals surface area contributed by atoms with E-state index in [4.69, 9.17) is 4.42 Å². The van der Waals surface area contributed by atoms with Crippen molar-refractivity contribution in [3.63, 3.8) is 0 Å². The Morgan fingerprint density at radius 2 is 1.96 bits per heavy atom. The third-order valence-electron chi connectivity index (χ3n) is 4.65. The number of Topliss-reactive ketones (excluding diaryl/α,β-unsaturated/α-hetero) is 1. The van der Waals surface area contributed by atoms with Crippen molar-refractivity contribution in [1.82, 2.24) is 4.98 Å². The zero-order valence-corrected chi connectivity index (χ0v) is 15.7. The number of carbonyl (C=O) groups is 2. The molecule has 5 nitrogen and oxygen atoms in total. The molecule has 1 aliphatic rings. The number of thiazole rings is 1. The molecule has 1 aromatic carbocycles. The predicted molar refractivity (Wildman–Crippen MR) is 101 cm³/mol. The van der Waals surface area contributed by atoms with Gasteiger partial charge >= 0.3 is 0 Å². The fourth-order valence-electron chi connectivity index (χ4n) is 3.34. The lowest BCUT2D eigenvalue weighted by Gasteiger charge is -2.07. The first-order valence-electron chi connectivity index (χ1n) is 8.64. The summed E-state index contributed by atoms with van der Waals surface area (Å²) in [6, 6.07) is 6.05. The number of hydrogen-bond acceptors (Lipinski definition) is 5. The standard InChI is InChI=1S/C20H17FN2O3S/c1-10-16-14(24)4-3-5-15(16)26-18(10)19(25)23-20-22-17(11(2)27-20)12-6-8-13(21)9-7-12/h6-9H,3-5H2,1-2H3,(H,22,23,25). The van der Waals surface area contributed by atoms with Crippen molar-refractivity contribution in [2.75, 3.05) is 5.32 Å². The van der Waals surface area contributed by atoms with E-state index in [1.807, 2.05) is 6.92 Å². The number of nitrogens with one attached hydrogen (secondary N) is 1. The van der Waals surface area contributed by atoms with Gasteiger partial charge in [0, 0.05) is 28.8 Å². The normalized spacial score (nSPS) is 13.5. The van der Waals surface area contributed by atoms with Crippen molar-refractivity contribution < 1.29 is 18.4 Å². The van der Waals surface area contributed by atoms with Crippen molar-refractivity contribution in [2.24, 2.45) is 0 Å². The van der Waals surface area contributed by atoms with E-state index in [0.29, 0.717) is 40.6 Å². The first kappa shape index (κ1) is 17.6. The maximum Gasteiger partial charge on any atom is 0.293 e. The second-order valence-electron chi connectivity index (χ2n) is 6.52. The van der Waals surface area contributed by atoms with E-state index in [1.54, 1.807) is 19.1 Å². The zero-order chi connectivity index (χ0) is 19.1. The SMILES string of the molecule is Cc1sc(NC(=O)c2oc3c(c2C)C(=O)CCC3)nc1-c1ccc(F)cc1. The summed E-state index contributed by atoms with van der Waals surface area (Å²) >= 11 is 1.33. The average Bonchev–Trinajstić information content (AvgIpc) is 3.16. The van der Waals surface area contributed by atoms with Crippen LogP contribution in [0.3, 0.4) is 0 Å². The molecule has 2 heterocycles. The van der Waals surface area contributed by atoms with Gasteiger partial charge in [-0.2, -0.15) is 0 Å². The smallest absolute Gasteiger partial charge is 0.293 e. The summed E-state index contributed by atoms with van der Waals surface area (Å²) in [6.45, 7) is 3.62. The Morgan fingerprint density at radius 1 is 1.22 bits per heavy atom. The molecule has 0 saturated carbocycles. The average molecular weight is 384 g/mol. The van der Waals surface area contributed by atoms with E-state index >= 15 is 0 Å². The zero-order valence-electron chi connectivity index (χ0n) is 14.9. The number of halogens is 1. The fraction of sp³-hybridized carbons (Fsp3) is 0.250. The number of benzene rings is 1. The van der Waals surface area contributed by atoms with Crippen LogP contribution in [0.15, 0.2) is 28.7 Å². The number of fused-ring (bicyclic) bond motifs is 1. The molecule has 7 heteroatoms. The van der Waals surface area contributed by atoms with Gasteiger partial charge in [0.2, 0.25) is 0 Å². The highest BCUT2D eigenvalue weighted by Crippen LogP contribution is 2.32. The summed E-state index contributed by atoms with van der Waals surface area (Å²) in [6.07, 6.45) is 1.90. The van der Waals surface area contributed by atoms with Crippen molar-refractivity contribution in [2.45, 2.75) is 33.1 Å². The lowest BCUT2D eigenvalue weighted by molar-refractivity contribution is 0.0963. The summed E-state index contributed by atoms with van der Waals surface area (Å²) in [4.78, 5) is 30.1. The van der Waals surface area contributed by atoms with Crippen LogP contribution in [0.1, 0.15) is 50.0 Å². The second kappa shape index (κ2) is 6.74. The number of anilines is 1. The number of aromatic nitrogens is 1. The highest BCUT2D eigenvalue weighted by Gasteiger charge is 2.29. The minimum atomic E-state index is -0.422. The Balaban J connectivity index is 1.60. The summed E-state index contributed by atoms with van der Waals surface area (Å²) < 4.78 is 18.8. The molecule has 0 aliphatic heterocycles. The van der Waals surface area contributed by atoms with Crippen LogP contribution in [0.4, 0.5) is 9.52 Å². The third kappa shape index (κ3) is 3.19. The van der Waals surface area contributed by atoms with Crippen LogP contribution in [0.25, 0.3) is 11.3 Å². The maximum absolute atomic E-state index is 13.1. The van der Waals surface area contributed by atoms with Crippen LogP contribution in [-0.2, 0) is 6.42 Å². The number of nitrogens with zero attached hydrogens (tertiary/aromatic N) is 1. The molecule has 1 N–H and O–H groups in total. The minimum absolute atomic E-state index is 0.0280. The van der Waals surface area contributed by atoms with E-state index in [2.05, 4.69) is 10.3 Å². The van der Waals surface area contributed by atoms with Crippen LogP contribution in [0.5, 0.6) is 0 Å². The Kier molecular flexibility index (Phi) is 4.39. The topological polar surface area (TPSA) is 72.2 Å². The number of rotatable bonds is 3. The third-order valence-corrected chi connectivity index (χ3v) is 5.53. The van der Waals surface area contributed by atoms with Gasteiger partial charge in [-0.3, -0.25) is 14.9 Å². The molecule has 1 aliphatic carbocycles.